The molecule has 0 atom stereocenters. The molecular weight excluding hydrogens is 218 g/mol. The number of rotatable bonds is 5. The van der Waals surface area contributed by atoms with E-state index in [2.05, 4.69) is 10.6 Å². The van der Waals surface area contributed by atoms with Crippen molar-refractivity contribution in [2.45, 2.75) is 13.0 Å². The van der Waals surface area contributed by atoms with E-state index in [-0.39, 0.29) is 24.8 Å². The van der Waals surface area contributed by atoms with Crippen molar-refractivity contribution in [3.63, 3.8) is 0 Å². The van der Waals surface area contributed by atoms with E-state index in [1.165, 1.54) is 7.05 Å². The molecule has 17 heavy (non-hydrogen) atoms. The molecular formula is C12H17N3O2. The SMILES string of the molecule is CNC(=O)CNC(=O)Cc1ccc(CN)cc1. The third kappa shape index (κ3) is 4.65. The minimum Gasteiger partial charge on any atom is -0.358 e. The van der Waals surface area contributed by atoms with E-state index in [1.807, 2.05) is 24.3 Å². The second-order valence-corrected chi connectivity index (χ2v) is 3.65. The van der Waals surface area contributed by atoms with Gasteiger partial charge < -0.3 is 16.4 Å². The molecule has 0 fully saturated rings. The zero-order valence-corrected chi connectivity index (χ0v) is 9.82. The number of likely N-dealkylation sites (N-methyl/N-ethyl adjacent to an activating group) is 1. The maximum absolute atomic E-state index is 11.5. The summed E-state index contributed by atoms with van der Waals surface area (Å²) in [5.74, 6) is -0.383. The molecule has 0 aliphatic rings. The molecule has 0 spiro atoms. The van der Waals surface area contributed by atoms with Gasteiger partial charge in [-0.1, -0.05) is 24.3 Å². The van der Waals surface area contributed by atoms with Crippen LogP contribution in [0.1, 0.15) is 11.1 Å². The van der Waals surface area contributed by atoms with Gasteiger partial charge in [-0.2, -0.15) is 0 Å². The van der Waals surface area contributed by atoms with Gasteiger partial charge in [0.15, 0.2) is 0 Å². The average Bonchev–Trinajstić information content (AvgIpc) is 2.36. The van der Waals surface area contributed by atoms with Crippen LogP contribution in [-0.2, 0) is 22.6 Å². The Balaban J connectivity index is 2.42. The van der Waals surface area contributed by atoms with Crippen molar-refractivity contribution in [2.75, 3.05) is 13.6 Å². The first-order valence-electron chi connectivity index (χ1n) is 5.41. The van der Waals surface area contributed by atoms with Gasteiger partial charge in [-0.15, -0.1) is 0 Å². The summed E-state index contributed by atoms with van der Waals surface area (Å²) in [6, 6.07) is 7.51. The van der Waals surface area contributed by atoms with Gasteiger partial charge in [-0.3, -0.25) is 9.59 Å². The Morgan fingerprint density at radius 3 is 2.24 bits per heavy atom. The highest BCUT2D eigenvalue weighted by atomic mass is 16.2. The van der Waals surface area contributed by atoms with Gasteiger partial charge in [0.1, 0.15) is 0 Å². The maximum atomic E-state index is 11.5. The van der Waals surface area contributed by atoms with Gasteiger partial charge >= 0.3 is 0 Å². The van der Waals surface area contributed by atoms with E-state index in [0.717, 1.165) is 11.1 Å². The largest absolute Gasteiger partial charge is 0.358 e. The topological polar surface area (TPSA) is 84.2 Å². The van der Waals surface area contributed by atoms with E-state index in [0.29, 0.717) is 6.54 Å². The molecule has 0 bridgehead atoms. The lowest BCUT2D eigenvalue weighted by molar-refractivity contribution is -0.125. The molecule has 0 saturated carbocycles. The fourth-order valence-electron chi connectivity index (χ4n) is 1.31. The lowest BCUT2D eigenvalue weighted by atomic mass is 10.1. The van der Waals surface area contributed by atoms with E-state index in [1.54, 1.807) is 0 Å². The highest BCUT2D eigenvalue weighted by Gasteiger charge is 2.05. The Bertz CT molecular complexity index is 387. The van der Waals surface area contributed by atoms with Crippen LogP contribution in [-0.4, -0.2) is 25.4 Å². The molecule has 5 nitrogen and oxygen atoms in total. The quantitative estimate of drug-likeness (QED) is 0.646. The molecule has 0 radical (unpaired) electrons. The summed E-state index contributed by atoms with van der Waals surface area (Å²) in [6.07, 6.45) is 0.266. The van der Waals surface area contributed by atoms with Crippen LogP contribution in [0.15, 0.2) is 24.3 Å². The highest BCUT2D eigenvalue weighted by molar-refractivity contribution is 5.85. The van der Waals surface area contributed by atoms with Crippen molar-refractivity contribution in [1.29, 1.82) is 0 Å². The van der Waals surface area contributed by atoms with Gasteiger partial charge in [0.05, 0.1) is 13.0 Å². The fourth-order valence-corrected chi connectivity index (χ4v) is 1.31. The Morgan fingerprint density at radius 1 is 1.12 bits per heavy atom. The van der Waals surface area contributed by atoms with Gasteiger partial charge in [0, 0.05) is 13.6 Å². The predicted molar refractivity (Wildman–Crippen MR) is 65.1 cm³/mol. The number of carbonyl (C=O) groups excluding carboxylic acids is 2. The first-order chi connectivity index (χ1) is 8.15. The van der Waals surface area contributed by atoms with Crippen LogP contribution in [0, 0.1) is 0 Å². The summed E-state index contributed by atoms with van der Waals surface area (Å²) >= 11 is 0. The fraction of sp³-hybridized carbons (Fsp3) is 0.333. The van der Waals surface area contributed by atoms with Gasteiger partial charge in [-0.05, 0) is 11.1 Å². The highest BCUT2D eigenvalue weighted by Crippen LogP contribution is 2.04. The average molecular weight is 235 g/mol. The van der Waals surface area contributed by atoms with Crippen LogP contribution in [0.2, 0.25) is 0 Å². The van der Waals surface area contributed by atoms with E-state index >= 15 is 0 Å². The van der Waals surface area contributed by atoms with E-state index < -0.39 is 0 Å². The van der Waals surface area contributed by atoms with E-state index in [4.69, 9.17) is 5.73 Å². The maximum Gasteiger partial charge on any atom is 0.239 e. The molecule has 1 aromatic carbocycles. The second kappa shape index (κ2) is 6.65. The number of nitrogens with one attached hydrogen (secondary N) is 2. The predicted octanol–water partition coefficient (Wildman–Crippen LogP) is -0.450. The lowest BCUT2D eigenvalue weighted by Gasteiger charge is -2.05. The molecule has 1 aromatic rings. The number of benzene rings is 1. The number of carbonyl (C=O) groups is 2. The Morgan fingerprint density at radius 2 is 1.71 bits per heavy atom. The summed E-state index contributed by atoms with van der Waals surface area (Å²) in [4.78, 5) is 22.4. The Labute approximate surface area is 100 Å². The molecule has 0 saturated heterocycles. The van der Waals surface area contributed by atoms with E-state index in [9.17, 15) is 9.59 Å². The van der Waals surface area contributed by atoms with Crippen LogP contribution < -0.4 is 16.4 Å². The molecule has 0 aliphatic heterocycles. The lowest BCUT2D eigenvalue weighted by Crippen LogP contribution is -2.35. The van der Waals surface area contributed by atoms with Crippen LogP contribution >= 0.6 is 0 Å². The summed E-state index contributed by atoms with van der Waals surface area (Å²) in [7, 11) is 1.53. The van der Waals surface area contributed by atoms with Crippen LogP contribution in [0.4, 0.5) is 0 Å². The Kier molecular flexibility index (Phi) is 5.16. The monoisotopic (exact) mass is 235 g/mol. The van der Waals surface area contributed by atoms with Crippen molar-refractivity contribution in [3.8, 4) is 0 Å². The van der Waals surface area contributed by atoms with Crippen molar-refractivity contribution in [1.82, 2.24) is 10.6 Å². The molecule has 1 rings (SSSR count). The first-order valence-corrected chi connectivity index (χ1v) is 5.41. The molecule has 0 heterocycles. The number of nitrogens with two attached hydrogens (primary N) is 1. The molecule has 0 aromatic heterocycles. The minimum atomic E-state index is -0.211. The molecule has 0 aliphatic carbocycles. The smallest absolute Gasteiger partial charge is 0.239 e. The summed E-state index contributed by atoms with van der Waals surface area (Å²) in [6.45, 7) is 0.499. The normalized spacial score (nSPS) is 9.76. The van der Waals surface area contributed by atoms with Crippen molar-refractivity contribution >= 4 is 11.8 Å². The second-order valence-electron chi connectivity index (χ2n) is 3.65. The van der Waals surface area contributed by atoms with Crippen molar-refractivity contribution in [2.24, 2.45) is 5.73 Å². The first kappa shape index (κ1) is 13.2. The summed E-state index contributed by atoms with van der Waals surface area (Å²) in [5.41, 5.74) is 7.40. The third-order valence-corrected chi connectivity index (χ3v) is 2.35. The van der Waals surface area contributed by atoms with Crippen LogP contribution in [0.5, 0.6) is 0 Å². The standard InChI is InChI=1S/C12H17N3O2/c1-14-12(17)8-15-11(16)6-9-2-4-10(7-13)5-3-9/h2-5H,6-8,13H2,1H3,(H,14,17)(H,15,16). The zero-order valence-electron chi connectivity index (χ0n) is 9.82. The molecule has 92 valence electrons. The number of hydrogen-bond acceptors (Lipinski definition) is 3. The molecule has 0 unspecified atom stereocenters. The van der Waals surface area contributed by atoms with Gasteiger partial charge in [0.25, 0.3) is 0 Å². The molecule has 2 amide bonds. The third-order valence-electron chi connectivity index (χ3n) is 2.35. The number of amides is 2. The van der Waals surface area contributed by atoms with Crippen molar-refractivity contribution in [3.05, 3.63) is 35.4 Å². The van der Waals surface area contributed by atoms with Gasteiger partial charge in [-0.25, -0.2) is 0 Å². The van der Waals surface area contributed by atoms with Gasteiger partial charge in [0.2, 0.25) is 11.8 Å². The van der Waals surface area contributed by atoms with Crippen molar-refractivity contribution < 1.29 is 9.59 Å². The summed E-state index contributed by atoms with van der Waals surface area (Å²) in [5, 5.41) is 4.97. The number of hydrogen-bond donors (Lipinski definition) is 3. The minimum absolute atomic E-state index is 0.0101. The van der Waals surface area contributed by atoms with Crippen LogP contribution in [0.25, 0.3) is 0 Å². The zero-order chi connectivity index (χ0) is 12.7. The molecule has 5 heteroatoms. The molecule has 4 N–H and O–H groups in total. The van der Waals surface area contributed by atoms with Crippen LogP contribution in [0.3, 0.4) is 0 Å². The Hall–Kier alpha value is -1.88. The summed E-state index contributed by atoms with van der Waals surface area (Å²) < 4.78 is 0.